The van der Waals surface area contributed by atoms with Crippen LogP contribution in [-0.2, 0) is 9.53 Å². The van der Waals surface area contributed by atoms with Crippen molar-refractivity contribution in [2.75, 3.05) is 19.8 Å². The normalized spacial score (nSPS) is 12.8. The molecule has 2 aromatic rings. The standard InChI is InChI=1S/C20H19NO5/c22-18(11-6-13-25-15-7-2-1-3-8-15)26-14-12-21-19(23)16-9-4-5-10-17(16)20(21)24/h1-5,7-10H,6,11-14H2. The van der Waals surface area contributed by atoms with E-state index in [0.29, 0.717) is 24.2 Å². The first-order valence-corrected chi connectivity index (χ1v) is 8.45. The van der Waals surface area contributed by atoms with Crippen LogP contribution in [-0.4, -0.2) is 42.4 Å². The van der Waals surface area contributed by atoms with Crippen LogP contribution in [0.15, 0.2) is 54.6 Å². The van der Waals surface area contributed by atoms with Gasteiger partial charge in [-0.05, 0) is 30.7 Å². The maximum Gasteiger partial charge on any atom is 0.305 e. The van der Waals surface area contributed by atoms with E-state index in [4.69, 9.17) is 9.47 Å². The quantitative estimate of drug-likeness (QED) is 0.414. The maximum atomic E-state index is 12.2. The number of para-hydroxylation sites is 1. The molecule has 0 aromatic heterocycles. The molecule has 0 atom stereocenters. The topological polar surface area (TPSA) is 72.9 Å². The predicted octanol–water partition coefficient (Wildman–Crippen LogP) is 2.69. The third-order valence-electron chi connectivity index (χ3n) is 3.99. The molecule has 0 saturated carbocycles. The molecule has 2 amide bonds. The lowest BCUT2D eigenvalue weighted by molar-refractivity contribution is -0.144. The van der Waals surface area contributed by atoms with E-state index in [1.165, 1.54) is 0 Å². The van der Waals surface area contributed by atoms with Gasteiger partial charge in [0.2, 0.25) is 0 Å². The van der Waals surface area contributed by atoms with Gasteiger partial charge in [0, 0.05) is 6.42 Å². The molecular weight excluding hydrogens is 334 g/mol. The van der Waals surface area contributed by atoms with Gasteiger partial charge in [-0.3, -0.25) is 19.3 Å². The number of carbonyl (C=O) groups is 3. The van der Waals surface area contributed by atoms with Crippen LogP contribution in [0.4, 0.5) is 0 Å². The lowest BCUT2D eigenvalue weighted by atomic mass is 10.1. The highest BCUT2D eigenvalue weighted by Gasteiger charge is 2.34. The van der Waals surface area contributed by atoms with Gasteiger partial charge in [0.05, 0.1) is 24.3 Å². The Morgan fingerprint density at radius 2 is 1.46 bits per heavy atom. The number of esters is 1. The third kappa shape index (κ3) is 4.08. The van der Waals surface area contributed by atoms with Crippen molar-refractivity contribution in [1.29, 1.82) is 0 Å². The number of hydrogen-bond donors (Lipinski definition) is 0. The number of hydrogen-bond acceptors (Lipinski definition) is 5. The molecule has 0 aliphatic carbocycles. The molecule has 6 nitrogen and oxygen atoms in total. The first-order valence-electron chi connectivity index (χ1n) is 8.45. The van der Waals surface area contributed by atoms with Crippen LogP contribution in [0.25, 0.3) is 0 Å². The molecule has 0 radical (unpaired) electrons. The molecule has 134 valence electrons. The first kappa shape index (κ1) is 17.7. The van der Waals surface area contributed by atoms with Gasteiger partial charge in [-0.2, -0.15) is 0 Å². The van der Waals surface area contributed by atoms with E-state index < -0.39 is 0 Å². The molecule has 0 N–H and O–H groups in total. The molecule has 26 heavy (non-hydrogen) atoms. The van der Waals surface area contributed by atoms with Crippen molar-refractivity contribution in [1.82, 2.24) is 4.90 Å². The van der Waals surface area contributed by atoms with Gasteiger partial charge in [-0.25, -0.2) is 0 Å². The summed E-state index contributed by atoms with van der Waals surface area (Å²) in [7, 11) is 0. The number of fused-ring (bicyclic) bond motifs is 1. The van der Waals surface area contributed by atoms with Gasteiger partial charge >= 0.3 is 5.97 Å². The van der Waals surface area contributed by atoms with Gasteiger partial charge < -0.3 is 9.47 Å². The third-order valence-corrected chi connectivity index (χ3v) is 3.99. The van der Waals surface area contributed by atoms with Gasteiger partial charge in [0.15, 0.2) is 0 Å². The number of nitrogens with zero attached hydrogens (tertiary/aromatic N) is 1. The largest absolute Gasteiger partial charge is 0.494 e. The zero-order valence-electron chi connectivity index (χ0n) is 14.2. The molecular formula is C20H19NO5. The molecule has 1 aliphatic rings. The molecule has 0 unspecified atom stereocenters. The Hall–Kier alpha value is -3.15. The second-order valence-corrected chi connectivity index (χ2v) is 5.79. The van der Waals surface area contributed by atoms with Crippen LogP contribution >= 0.6 is 0 Å². The Bertz CT molecular complexity index is 768. The first-order chi connectivity index (χ1) is 12.7. The Kier molecular flexibility index (Phi) is 5.63. The number of carbonyl (C=O) groups excluding carboxylic acids is 3. The van der Waals surface area contributed by atoms with Crippen LogP contribution in [0.5, 0.6) is 5.75 Å². The lowest BCUT2D eigenvalue weighted by Gasteiger charge is -2.13. The second-order valence-electron chi connectivity index (χ2n) is 5.79. The van der Waals surface area contributed by atoms with Crippen LogP contribution in [0.1, 0.15) is 33.6 Å². The number of rotatable bonds is 8. The average molecular weight is 353 g/mol. The Morgan fingerprint density at radius 3 is 2.12 bits per heavy atom. The van der Waals surface area contributed by atoms with Crippen molar-refractivity contribution < 1.29 is 23.9 Å². The summed E-state index contributed by atoms with van der Waals surface area (Å²) in [4.78, 5) is 37.2. The van der Waals surface area contributed by atoms with Crippen molar-refractivity contribution >= 4 is 17.8 Å². The van der Waals surface area contributed by atoms with E-state index >= 15 is 0 Å². The van der Waals surface area contributed by atoms with Gasteiger partial charge in [-0.15, -0.1) is 0 Å². The minimum absolute atomic E-state index is 0.0101. The predicted molar refractivity (Wildman–Crippen MR) is 93.9 cm³/mol. The molecule has 1 heterocycles. The number of amides is 2. The summed E-state index contributed by atoms with van der Waals surface area (Å²) >= 11 is 0. The molecule has 0 bridgehead atoms. The summed E-state index contributed by atoms with van der Waals surface area (Å²) in [6, 6.07) is 16.0. The van der Waals surface area contributed by atoms with E-state index in [9.17, 15) is 14.4 Å². The molecule has 1 aliphatic heterocycles. The summed E-state index contributed by atoms with van der Waals surface area (Å²) in [5, 5.41) is 0. The minimum atomic E-state index is -0.377. The highest BCUT2D eigenvalue weighted by Crippen LogP contribution is 2.21. The fraction of sp³-hybridized carbons (Fsp3) is 0.250. The summed E-state index contributed by atoms with van der Waals surface area (Å²) < 4.78 is 10.6. The molecule has 0 saturated heterocycles. The number of benzene rings is 2. The number of imide groups is 1. The van der Waals surface area contributed by atoms with E-state index in [0.717, 1.165) is 10.6 Å². The van der Waals surface area contributed by atoms with Crippen molar-refractivity contribution in [2.24, 2.45) is 0 Å². The minimum Gasteiger partial charge on any atom is -0.494 e. The Balaban J connectivity index is 1.35. The van der Waals surface area contributed by atoms with Crippen LogP contribution in [0, 0.1) is 0 Å². The van der Waals surface area contributed by atoms with E-state index in [-0.39, 0.29) is 37.4 Å². The van der Waals surface area contributed by atoms with Crippen molar-refractivity contribution in [3.63, 3.8) is 0 Å². The SMILES string of the molecule is O=C(CCCOc1ccccc1)OCCN1C(=O)c2ccccc2C1=O. The van der Waals surface area contributed by atoms with Crippen LogP contribution in [0.2, 0.25) is 0 Å². The van der Waals surface area contributed by atoms with E-state index in [1.807, 2.05) is 30.3 Å². The molecule has 6 heteroatoms. The van der Waals surface area contributed by atoms with Crippen molar-refractivity contribution in [3.05, 3.63) is 65.7 Å². The zero-order valence-corrected chi connectivity index (χ0v) is 14.2. The molecule has 2 aromatic carbocycles. The lowest BCUT2D eigenvalue weighted by Crippen LogP contribution is -2.33. The van der Waals surface area contributed by atoms with Gasteiger partial charge in [0.25, 0.3) is 11.8 Å². The van der Waals surface area contributed by atoms with Crippen LogP contribution < -0.4 is 4.74 Å². The maximum absolute atomic E-state index is 12.2. The molecule has 3 rings (SSSR count). The summed E-state index contributed by atoms with van der Waals surface area (Å²) in [5.41, 5.74) is 0.781. The van der Waals surface area contributed by atoms with Gasteiger partial charge in [-0.1, -0.05) is 30.3 Å². The van der Waals surface area contributed by atoms with E-state index in [1.54, 1.807) is 24.3 Å². The second kappa shape index (κ2) is 8.29. The number of ether oxygens (including phenoxy) is 2. The Morgan fingerprint density at radius 1 is 0.846 bits per heavy atom. The summed E-state index contributed by atoms with van der Waals surface area (Å²) in [6.07, 6.45) is 0.746. The van der Waals surface area contributed by atoms with Gasteiger partial charge in [0.1, 0.15) is 12.4 Å². The summed E-state index contributed by atoms with van der Waals surface area (Å²) in [5.74, 6) is -0.319. The van der Waals surface area contributed by atoms with E-state index in [2.05, 4.69) is 0 Å². The highest BCUT2D eigenvalue weighted by atomic mass is 16.5. The fourth-order valence-corrected chi connectivity index (χ4v) is 2.69. The Labute approximate surface area is 151 Å². The average Bonchev–Trinajstić information content (AvgIpc) is 2.91. The van der Waals surface area contributed by atoms with Crippen LogP contribution in [0.3, 0.4) is 0 Å². The summed E-state index contributed by atoms with van der Waals surface area (Å²) in [6.45, 7) is 0.458. The zero-order chi connectivity index (χ0) is 18.4. The highest BCUT2D eigenvalue weighted by molar-refractivity contribution is 6.21. The van der Waals surface area contributed by atoms with Crippen molar-refractivity contribution in [3.8, 4) is 5.75 Å². The molecule has 0 fully saturated rings. The molecule has 0 spiro atoms. The van der Waals surface area contributed by atoms with Crippen molar-refractivity contribution in [2.45, 2.75) is 12.8 Å². The fourth-order valence-electron chi connectivity index (χ4n) is 2.69. The smallest absolute Gasteiger partial charge is 0.305 e. The monoisotopic (exact) mass is 353 g/mol.